The number of likely N-dealkylation sites (N-methyl/N-ethyl adjacent to an activating group) is 1. The maximum absolute atomic E-state index is 12.9. The Morgan fingerprint density at radius 2 is 1.70 bits per heavy atom. The summed E-state index contributed by atoms with van der Waals surface area (Å²) in [4.78, 5) is 19.0. The van der Waals surface area contributed by atoms with Crippen molar-refractivity contribution in [2.45, 2.75) is 27.2 Å². The van der Waals surface area contributed by atoms with Gasteiger partial charge in [-0.2, -0.15) is 0 Å². The van der Waals surface area contributed by atoms with Gasteiger partial charge in [0.05, 0.1) is 6.54 Å². The van der Waals surface area contributed by atoms with Crippen LogP contribution in [0.2, 0.25) is 0 Å². The van der Waals surface area contributed by atoms with E-state index in [0.717, 1.165) is 35.6 Å². The average molecular weight is 361 g/mol. The Kier molecular flexibility index (Phi) is 5.87. The molecule has 1 aromatic carbocycles. The summed E-state index contributed by atoms with van der Waals surface area (Å²) in [7, 11) is 2.00. The molecular formula is C23H27N3O. The van der Waals surface area contributed by atoms with Crippen LogP contribution in [0.4, 0.5) is 0 Å². The summed E-state index contributed by atoms with van der Waals surface area (Å²) in [6.07, 6.45) is 4.52. The van der Waals surface area contributed by atoms with Crippen molar-refractivity contribution >= 4 is 5.78 Å². The summed E-state index contributed by atoms with van der Waals surface area (Å²) in [5.41, 5.74) is 6.46. The fourth-order valence-corrected chi connectivity index (χ4v) is 3.42. The van der Waals surface area contributed by atoms with Gasteiger partial charge in [0.1, 0.15) is 0 Å². The molecule has 0 aliphatic rings. The SMILES string of the molecule is Cc1ccc(-n2c(C)cc(C(=O)CN(C)CCc3ccncc3)c2C)cc1. The smallest absolute Gasteiger partial charge is 0.178 e. The molecule has 0 N–H and O–H groups in total. The van der Waals surface area contributed by atoms with Gasteiger partial charge in [-0.15, -0.1) is 0 Å². The first kappa shape index (κ1) is 19.1. The van der Waals surface area contributed by atoms with Crippen molar-refractivity contribution in [2.24, 2.45) is 0 Å². The number of hydrogen-bond donors (Lipinski definition) is 0. The molecule has 2 aromatic heterocycles. The average Bonchev–Trinajstić information content (AvgIpc) is 2.96. The summed E-state index contributed by atoms with van der Waals surface area (Å²) < 4.78 is 2.16. The first-order valence-corrected chi connectivity index (χ1v) is 9.32. The molecule has 3 rings (SSSR count). The zero-order chi connectivity index (χ0) is 19.4. The van der Waals surface area contributed by atoms with Crippen molar-refractivity contribution in [3.05, 3.63) is 82.9 Å². The molecule has 27 heavy (non-hydrogen) atoms. The highest BCUT2D eigenvalue weighted by molar-refractivity contribution is 5.99. The van der Waals surface area contributed by atoms with Crippen molar-refractivity contribution in [1.29, 1.82) is 0 Å². The van der Waals surface area contributed by atoms with Gasteiger partial charge in [0.15, 0.2) is 5.78 Å². The minimum Gasteiger partial charge on any atom is -0.318 e. The molecule has 0 saturated heterocycles. The first-order chi connectivity index (χ1) is 13.0. The van der Waals surface area contributed by atoms with Crippen molar-refractivity contribution in [3.8, 4) is 5.69 Å². The zero-order valence-corrected chi connectivity index (χ0v) is 16.6. The first-order valence-electron chi connectivity index (χ1n) is 9.32. The highest BCUT2D eigenvalue weighted by Gasteiger charge is 2.18. The van der Waals surface area contributed by atoms with E-state index in [4.69, 9.17) is 0 Å². The molecule has 4 heteroatoms. The number of aryl methyl sites for hydroxylation is 2. The number of Topliss-reactive ketones (excluding diaryl/α,β-unsaturated/α-hetero) is 1. The summed E-state index contributed by atoms with van der Waals surface area (Å²) in [6.45, 7) is 7.42. The maximum atomic E-state index is 12.9. The van der Waals surface area contributed by atoms with Gasteiger partial charge in [-0.1, -0.05) is 17.7 Å². The molecule has 3 aromatic rings. The van der Waals surface area contributed by atoms with Crippen LogP contribution in [0.15, 0.2) is 54.9 Å². The van der Waals surface area contributed by atoms with Crippen LogP contribution in [0.5, 0.6) is 0 Å². The van der Waals surface area contributed by atoms with Gasteiger partial charge in [-0.25, -0.2) is 0 Å². The van der Waals surface area contributed by atoms with Crippen LogP contribution < -0.4 is 0 Å². The van der Waals surface area contributed by atoms with Crippen LogP contribution in [-0.4, -0.2) is 40.4 Å². The molecule has 0 spiro atoms. The minimum atomic E-state index is 0.165. The summed E-state index contributed by atoms with van der Waals surface area (Å²) in [5.74, 6) is 0.165. The molecule has 0 fully saturated rings. The van der Waals surface area contributed by atoms with E-state index in [0.29, 0.717) is 6.54 Å². The Morgan fingerprint density at radius 1 is 1.04 bits per heavy atom. The monoisotopic (exact) mass is 361 g/mol. The van der Waals surface area contributed by atoms with Crippen LogP contribution >= 0.6 is 0 Å². The Bertz CT molecular complexity index is 911. The standard InChI is InChI=1S/C23H27N3O/c1-17-5-7-21(8-6-17)26-18(2)15-22(19(26)3)23(27)16-25(4)14-11-20-9-12-24-13-10-20/h5-10,12-13,15H,11,14,16H2,1-4H3. The lowest BCUT2D eigenvalue weighted by molar-refractivity contribution is 0.0946. The third kappa shape index (κ3) is 4.52. The van der Waals surface area contributed by atoms with Gasteiger partial charge in [0.2, 0.25) is 0 Å². The van der Waals surface area contributed by atoms with Crippen LogP contribution in [-0.2, 0) is 6.42 Å². The maximum Gasteiger partial charge on any atom is 0.178 e. The second-order valence-electron chi connectivity index (χ2n) is 7.22. The number of nitrogens with zero attached hydrogens (tertiary/aromatic N) is 3. The Labute approximate surface area is 161 Å². The number of rotatable bonds is 7. The van der Waals surface area contributed by atoms with Crippen molar-refractivity contribution < 1.29 is 4.79 Å². The van der Waals surface area contributed by atoms with Gasteiger partial charge in [-0.3, -0.25) is 14.7 Å². The number of pyridine rings is 1. The van der Waals surface area contributed by atoms with Crippen molar-refractivity contribution in [1.82, 2.24) is 14.5 Å². The number of carbonyl (C=O) groups is 1. The van der Waals surface area contributed by atoms with Crippen LogP contribution in [0.3, 0.4) is 0 Å². The molecule has 0 bridgehead atoms. The quantitative estimate of drug-likeness (QED) is 0.593. The number of aromatic nitrogens is 2. The molecule has 0 atom stereocenters. The van der Waals surface area contributed by atoms with E-state index in [9.17, 15) is 4.79 Å². The molecule has 0 unspecified atom stereocenters. The summed E-state index contributed by atoms with van der Waals surface area (Å²) >= 11 is 0. The third-order valence-electron chi connectivity index (χ3n) is 4.97. The minimum absolute atomic E-state index is 0.165. The summed E-state index contributed by atoms with van der Waals surface area (Å²) in [6, 6.07) is 14.4. The highest BCUT2D eigenvalue weighted by Crippen LogP contribution is 2.21. The fourth-order valence-electron chi connectivity index (χ4n) is 3.42. The molecule has 4 nitrogen and oxygen atoms in total. The third-order valence-corrected chi connectivity index (χ3v) is 4.97. The predicted octanol–water partition coefficient (Wildman–Crippen LogP) is 4.15. The van der Waals surface area contributed by atoms with E-state index in [1.54, 1.807) is 12.4 Å². The lowest BCUT2D eigenvalue weighted by Gasteiger charge is -2.16. The highest BCUT2D eigenvalue weighted by atomic mass is 16.1. The summed E-state index contributed by atoms with van der Waals surface area (Å²) in [5, 5.41) is 0. The van der Waals surface area contributed by atoms with Gasteiger partial charge < -0.3 is 4.57 Å². The van der Waals surface area contributed by atoms with Gasteiger partial charge in [-0.05, 0) is 70.1 Å². The van der Waals surface area contributed by atoms with Crippen LogP contribution in [0.25, 0.3) is 5.69 Å². The molecule has 140 valence electrons. The largest absolute Gasteiger partial charge is 0.318 e. The van der Waals surface area contributed by atoms with Crippen molar-refractivity contribution in [3.63, 3.8) is 0 Å². The van der Waals surface area contributed by atoms with E-state index in [2.05, 4.69) is 52.6 Å². The number of ketones is 1. The molecule has 0 saturated carbocycles. The number of hydrogen-bond acceptors (Lipinski definition) is 3. The van der Waals surface area contributed by atoms with Crippen LogP contribution in [0.1, 0.15) is 32.9 Å². The van der Waals surface area contributed by atoms with Gasteiger partial charge in [0, 0.05) is 41.6 Å². The van der Waals surface area contributed by atoms with Gasteiger partial charge in [0.25, 0.3) is 0 Å². The van der Waals surface area contributed by atoms with E-state index in [1.165, 1.54) is 11.1 Å². The molecule has 0 aliphatic heterocycles. The molecule has 2 heterocycles. The van der Waals surface area contributed by atoms with E-state index in [-0.39, 0.29) is 5.78 Å². The normalized spacial score (nSPS) is 11.1. The van der Waals surface area contributed by atoms with Crippen LogP contribution in [0, 0.1) is 20.8 Å². The lowest BCUT2D eigenvalue weighted by atomic mass is 10.1. The van der Waals surface area contributed by atoms with Gasteiger partial charge >= 0.3 is 0 Å². The lowest BCUT2D eigenvalue weighted by Crippen LogP contribution is -2.28. The predicted molar refractivity (Wildman–Crippen MR) is 110 cm³/mol. The molecule has 0 aliphatic carbocycles. The second kappa shape index (κ2) is 8.31. The topological polar surface area (TPSA) is 38.1 Å². The Hall–Kier alpha value is -2.72. The zero-order valence-electron chi connectivity index (χ0n) is 16.6. The molecule has 0 radical (unpaired) electrons. The number of benzene rings is 1. The molecular weight excluding hydrogens is 334 g/mol. The van der Waals surface area contributed by atoms with E-state index >= 15 is 0 Å². The fraction of sp³-hybridized carbons (Fsp3) is 0.304. The Balaban J connectivity index is 1.69. The second-order valence-corrected chi connectivity index (χ2v) is 7.22. The number of carbonyl (C=O) groups excluding carboxylic acids is 1. The molecule has 0 amide bonds. The van der Waals surface area contributed by atoms with E-state index < -0.39 is 0 Å². The van der Waals surface area contributed by atoms with Crippen molar-refractivity contribution in [2.75, 3.05) is 20.1 Å². The van der Waals surface area contributed by atoms with E-state index in [1.807, 2.05) is 32.2 Å². The Morgan fingerprint density at radius 3 is 2.37 bits per heavy atom.